The number of hydrogen-bond acceptors (Lipinski definition) is 2. The van der Waals surface area contributed by atoms with Crippen LogP contribution in [0.15, 0.2) is 12.2 Å². The molecular weight excluding hydrogens is 330 g/mol. The van der Waals surface area contributed by atoms with Crippen molar-refractivity contribution >= 4 is 5.78 Å². The molecule has 0 aromatic heterocycles. The van der Waals surface area contributed by atoms with Gasteiger partial charge in [0.25, 0.3) is 0 Å². The lowest BCUT2D eigenvalue weighted by Crippen LogP contribution is -2.55. The Balaban J connectivity index is 1.51. The summed E-state index contributed by atoms with van der Waals surface area (Å²) in [5, 5.41) is 0. The summed E-state index contributed by atoms with van der Waals surface area (Å²) in [5.41, 5.74) is 6.16. The number of fused-ring (bicyclic) bond motifs is 5. The van der Waals surface area contributed by atoms with Crippen molar-refractivity contribution in [1.82, 2.24) is 0 Å². The van der Waals surface area contributed by atoms with Gasteiger partial charge in [0.2, 0.25) is 0 Å². The van der Waals surface area contributed by atoms with Gasteiger partial charge in [0.15, 0.2) is 0 Å². The average molecular weight is 372 g/mol. The van der Waals surface area contributed by atoms with Crippen LogP contribution in [0.25, 0.3) is 0 Å². The van der Waals surface area contributed by atoms with Crippen LogP contribution >= 0.6 is 0 Å². The molecule has 8 atom stereocenters. The fourth-order valence-corrected chi connectivity index (χ4v) is 8.24. The maximum Gasteiger partial charge on any atom is 0.139 e. The van der Waals surface area contributed by atoms with E-state index >= 15 is 0 Å². The van der Waals surface area contributed by atoms with Crippen LogP contribution in [0, 0.1) is 46.3 Å². The Morgan fingerprint density at radius 1 is 1.07 bits per heavy atom. The largest absolute Gasteiger partial charge is 0.330 e. The van der Waals surface area contributed by atoms with E-state index in [1.165, 1.54) is 38.5 Å². The third-order valence-corrected chi connectivity index (χ3v) is 9.76. The fraction of sp³-hybridized carbons (Fsp3) is 0.880. The van der Waals surface area contributed by atoms with Crippen molar-refractivity contribution in [1.29, 1.82) is 0 Å². The Kier molecular flexibility index (Phi) is 5.33. The number of rotatable bonds is 4. The molecule has 27 heavy (non-hydrogen) atoms. The molecule has 4 aliphatic carbocycles. The summed E-state index contributed by atoms with van der Waals surface area (Å²) in [6, 6.07) is 0. The number of carbonyl (C=O) groups excluding carboxylic acids is 1. The zero-order chi connectivity index (χ0) is 19.2. The molecule has 4 fully saturated rings. The van der Waals surface area contributed by atoms with E-state index in [1.54, 1.807) is 0 Å². The summed E-state index contributed by atoms with van der Waals surface area (Å²) < 4.78 is 0. The van der Waals surface area contributed by atoms with Crippen molar-refractivity contribution in [2.45, 2.75) is 85.0 Å². The Labute approximate surface area is 166 Å². The van der Waals surface area contributed by atoms with Gasteiger partial charge in [0, 0.05) is 11.8 Å². The lowest BCUT2D eigenvalue weighted by Gasteiger charge is -2.62. The van der Waals surface area contributed by atoms with E-state index in [0.717, 1.165) is 61.8 Å². The molecule has 0 bridgehead atoms. The first kappa shape index (κ1) is 19.7. The summed E-state index contributed by atoms with van der Waals surface area (Å²) in [4.78, 5) is 12.6. The highest BCUT2D eigenvalue weighted by Gasteiger charge is 2.61. The van der Waals surface area contributed by atoms with E-state index in [2.05, 4.69) is 32.9 Å². The first-order chi connectivity index (χ1) is 12.9. The van der Waals surface area contributed by atoms with Crippen LogP contribution in [0.4, 0.5) is 0 Å². The van der Waals surface area contributed by atoms with Gasteiger partial charge in [0.05, 0.1) is 0 Å². The quantitative estimate of drug-likeness (QED) is 0.504. The van der Waals surface area contributed by atoms with Crippen LogP contribution in [0.5, 0.6) is 0 Å². The molecule has 4 rings (SSSR count). The number of allylic oxidation sites excluding steroid dienone is 2. The molecule has 0 amide bonds. The zero-order valence-electron chi connectivity index (χ0n) is 17.9. The predicted octanol–water partition coefficient (Wildman–Crippen LogP) is 5.76. The average Bonchev–Trinajstić information content (AvgIpc) is 2.95. The number of hydrogen-bond donors (Lipinski definition) is 1. The second kappa shape index (κ2) is 7.32. The smallest absolute Gasteiger partial charge is 0.139 e. The van der Waals surface area contributed by atoms with Crippen molar-refractivity contribution in [3.63, 3.8) is 0 Å². The Morgan fingerprint density at radius 3 is 2.67 bits per heavy atom. The Morgan fingerprint density at radius 2 is 1.89 bits per heavy atom. The zero-order valence-corrected chi connectivity index (χ0v) is 17.9. The van der Waals surface area contributed by atoms with Crippen LogP contribution < -0.4 is 5.73 Å². The Bertz CT molecular complexity index is 597. The van der Waals surface area contributed by atoms with Gasteiger partial charge in [-0.15, -0.1) is 0 Å². The van der Waals surface area contributed by atoms with Crippen molar-refractivity contribution in [3.05, 3.63) is 12.2 Å². The maximum absolute atomic E-state index is 12.6. The molecule has 0 spiro atoms. The highest BCUT2D eigenvalue weighted by Crippen LogP contribution is 2.67. The monoisotopic (exact) mass is 371 g/mol. The van der Waals surface area contributed by atoms with E-state index in [0.29, 0.717) is 17.1 Å². The van der Waals surface area contributed by atoms with Gasteiger partial charge < -0.3 is 5.73 Å². The van der Waals surface area contributed by atoms with Gasteiger partial charge in [-0.05, 0) is 105 Å². The second-order valence-corrected chi connectivity index (χ2v) is 11.0. The molecule has 4 aliphatic rings. The molecule has 2 heteroatoms. The number of Topliss-reactive ketones (excluding diaryl/α,β-unsaturated/α-hetero) is 1. The first-order valence-corrected chi connectivity index (χ1v) is 11.8. The van der Waals surface area contributed by atoms with Crippen molar-refractivity contribution in [2.75, 3.05) is 6.54 Å². The van der Waals surface area contributed by atoms with Gasteiger partial charge >= 0.3 is 0 Å². The normalized spacial score (nSPS) is 49.7. The summed E-state index contributed by atoms with van der Waals surface area (Å²) in [7, 11) is 0. The fourth-order valence-electron chi connectivity index (χ4n) is 8.24. The van der Waals surface area contributed by atoms with Crippen molar-refractivity contribution < 1.29 is 4.79 Å². The topological polar surface area (TPSA) is 43.1 Å². The van der Waals surface area contributed by atoms with Gasteiger partial charge in [-0.25, -0.2) is 0 Å². The molecule has 1 unspecified atom stereocenters. The minimum Gasteiger partial charge on any atom is -0.330 e. The third kappa shape index (κ3) is 3.15. The van der Waals surface area contributed by atoms with E-state index in [1.807, 2.05) is 0 Å². The standard InChI is InChI=1S/C25H41NO/c1-17-15-19-20-8-9-23(27)25(20,3)13-11-21(19)24(2)12-10-18(16-22(17)24)7-5-4-6-14-26/h5,7,17-22H,4,6,8-16,26H2,1-3H3/b7-5-/t17-,18+,19-,20-,21-,22?,24+,25-/m0/s1. The Hall–Kier alpha value is -0.630. The summed E-state index contributed by atoms with van der Waals surface area (Å²) in [6.45, 7) is 8.28. The molecule has 0 aromatic rings. The van der Waals surface area contributed by atoms with Crippen LogP contribution in [0.3, 0.4) is 0 Å². The van der Waals surface area contributed by atoms with E-state index in [9.17, 15) is 4.79 Å². The highest BCUT2D eigenvalue weighted by atomic mass is 16.1. The lowest BCUT2D eigenvalue weighted by molar-refractivity contribution is -0.146. The maximum atomic E-state index is 12.6. The number of carbonyl (C=O) groups is 1. The van der Waals surface area contributed by atoms with Gasteiger partial charge in [-0.3, -0.25) is 4.79 Å². The molecule has 0 radical (unpaired) electrons. The van der Waals surface area contributed by atoms with E-state index < -0.39 is 0 Å². The molecule has 0 aliphatic heterocycles. The highest BCUT2D eigenvalue weighted by molar-refractivity contribution is 5.87. The molecule has 0 aromatic carbocycles. The lowest BCUT2D eigenvalue weighted by atomic mass is 9.43. The molecule has 152 valence electrons. The number of nitrogens with two attached hydrogens (primary N) is 1. The number of unbranched alkanes of at least 4 members (excludes halogenated alkanes) is 1. The molecule has 4 saturated carbocycles. The summed E-state index contributed by atoms with van der Waals surface area (Å²) >= 11 is 0. The van der Waals surface area contributed by atoms with Gasteiger partial charge in [-0.2, -0.15) is 0 Å². The first-order valence-electron chi connectivity index (χ1n) is 11.8. The van der Waals surface area contributed by atoms with Crippen molar-refractivity contribution in [3.8, 4) is 0 Å². The number of ketones is 1. The van der Waals surface area contributed by atoms with E-state index in [4.69, 9.17) is 5.73 Å². The summed E-state index contributed by atoms with van der Waals surface area (Å²) in [6.07, 6.45) is 17.2. The van der Waals surface area contributed by atoms with Crippen LogP contribution in [0.1, 0.15) is 85.0 Å². The van der Waals surface area contributed by atoms with E-state index in [-0.39, 0.29) is 5.41 Å². The third-order valence-electron chi connectivity index (χ3n) is 9.76. The van der Waals surface area contributed by atoms with Crippen molar-refractivity contribution in [2.24, 2.45) is 52.1 Å². The van der Waals surface area contributed by atoms with Crippen LogP contribution in [-0.4, -0.2) is 12.3 Å². The molecule has 0 heterocycles. The van der Waals surface area contributed by atoms with Gasteiger partial charge in [-0.1, -0.05) is 32.9 Å². The minimum atomic E-state index is 0.0208. The predicted molar refractivity (Wildman–Crippen MR) is 112 cm³/mol. The minimum absolute atomic E-state index is 0.0208. The van der Waals surface area contributed by atoms with Crippen LogP contribution in [-0.2, 0) is 4.79 Å². The van der Waals surface area contributed by atoms with Crippen LogP contribution in [0.2, 0.25) is 0 Å². The molecule has 2 N–H and O–H groups in total. The molecular formula is C25H41NO. The van der Waals surface area contributed by atoms with Gasteiger partial charge in [0.1, 0.15) is 5.78 Å². The second-order valence-electron chi connectivity index (χ2n) is 11.0. The molecule has 2 nitrogen and oxygen atoms in total. The summed E-state index contributed by atoms with van der Waals surface area (Å²) in [5.74, 6) is 5.40. The SMILES string of the molecule is C[C@H]1C[C@@H]2[C@H](CC[C@]3(C)C(=O)CC[C@@H]23)[C@@]2(C)CC[C@@H](/C=C\CCCN)CC12. The molecule has 0 saturated heterocycles.